The van der Waals surface area contributed by atoms with E-state index in [2.05, 4.69) is 53.6 Å². The number of hydrogen-bond acceptors (Lipinski definition) is 7. The highest BCUT2D eigenvalue weighted by molar-refractivity contribution is 7.84. The quantitative estimate of drug-likeness (QED) is 0.631. The lowest BCUT2D eigenvalue weighted by Gasteiger charge is -2.36. The van der Waals surface area contributed by atoms with E-state index < -0.39 is 10.8 Å². The minimum Gasteiger partial charge on any atom is -0.354 e. The number of hydrogen-bond donors (Lipinski definition) is 0. The van der Waals surface area contributed by atoms with Crippen LogP contribution in [0.3, 0.4) is 0 Å². The third-order valence-corrected chi connectivity index (χ3v) is 6.48. The van der Waals surface area contributed by atoms with Gasteiger partial charge in [0.2, 0.25) is 5.16 Å². The van der Waals surface area contributed by atoms with Crippen molar-refractivity contribution < 1.29 is 4.21 Å². The van der Waals surface area contributed by atoms with E-state index in [-0.39, 0.29) is 5.41 Å². The van der Waals surface area contributed by atoms with Crippen molar-refractivity contribution in [2.75, 3.05) is 43.4 Å². The summed E-state index contributed by atoms with van der Waals surface area (Å²) in [6, 6.07) is 2.16. The first kappa shape index (κ1) is 22.8. The SMILES string of the molecule is CCCc1cc(N2CCN(CCCS(=O)c3ncn(C)n3)CC2)nc(C(C)(C)C)n1. The standard InChI is InChI=1S/C21H35N7OS/c1-6-8-17-15-18(24-19(23-17)21(2,3)4)28-12-10-27(11-13-28)9-7-14-30(29)20-22-16-26(5)25-20/h15-16H,6-14H2,1-5H3. The Bertz CT molecular complexity index is 853. The summed E-state index contributed by atoms with van der Waals surface area (Å²) in [6.07, 6.45) is 4.55. The topological polar surface area (TPSA) is 80.0 Å². The second-order valence-corrected chi connectivity index (χ2v) is 10.4. The van der Waals surface area contributed by atoms with Crippen LogP contribution in [0.1, 0.15) is 52.1 Å². The maximum Gasteiger partial charge on any atom is 0.238 e. The van der Waals surface area contributed by atoms with Crippen molar-refractivity contribution in [2.45, 2.75) is 57.5 Å². The highest BCUT2D eigenvalue weighted by atomic mass is 32.2. The lowest BCUT2D eigenvalue weighted by atomic mass is 9.95. The lowest BCUT2D eigenvalue weighted by Crippen LogP contribution is -2.47. The fourth-order valence-electron chi connectivity index (χ4n) is 3.50. The van der Waals surface area contributed by atoms with Crippen molar-refractivity contribution in [3.05, 3.63) is 23.9 Å². The van der Waals surface area contributed by atoms with Gasteiger partial charge in [0.15, 0.2) is 0 Å². The van der Waals surface area contributed by atoms with Gasteiger partial charge in [-0.1, -0.05) is 34.1 Å². The third-order valence-electron chi connectivity index (χ3n) is 5.23. The van der Waals surface area contributed by atoms with Crippen LogP contribution in [-0.2, 0) is 29.7 Å². The largest absolute Gasteiger partial charge is 0.354 e. The van der Waals surface area contributed by atoms with Gasteiger partial charge in [-0.3, -0.25) is 13.8 Å². The Kier molecular flexibility index (Phi) is 7.57. The molecule has 3 heterocycles. The van der Waals surface area contributed by atoms with Gasteiger partial charge < -0.3 is 4.90 Å². The highest BCUT2D eigenvalue weighted by Crippen LogP contribution is 2.23. The maximum absolute atomic E-state index is 12.3. The van der Waals surface area contributed by atoms with E-state index in [4.69, 9.17) is 9.97 Å². The van der Waals surface area contributed by atoms with Gasteiger partial charge in [0.05, 0.1) is 10.8 Å². The van der Waals surface area contributed by atoms with E-state index in [1.165, 1.54) is 0 Å². The molecule has 30 heavy (non-hydrogen) atoms. The molecule has 8 nitrogen and oxygen atoms in total. The molecule has 1 aliphatic rings. The molecule has 2 aromatic rings. The monoisotopic (exact) mass is 433 g/mol. The van der Waals surface area contributed by atoms with Crippen LogP contribution >= 0.6 is 0 Å². The molecular weight excluding hydrogens is 398 g/mol. The van der Waals surface area contributed by atoms with E-state index in [0.717, 1.165) is 69.3 Å². The van der Waals surface area contributed by atoms with Crippen molar-refractivity contribution in [2.24, 2.45) is 7.05 Å². The molecule has 0 bridgehead atoms. The smallest absolute Gasteiger partial charge is 0.238 e. The second kappa shape index (κ2) is 9.96. The lowest BCUT2D eigenvalue weighted by molar-refractivity contribution is 0.258. The molecule has 0 amide bonds. The minimum absolute atomic E-state index is 0.0571. The van der Waals surface area contributed by atoms with Crippen molar-refractivity contribution in [3.63, 3.8) is 0 Å². The first-order valence-corrected chi connectivity index (χ1v) is 12.2. The summed E-state index contributed by atoms with van der Waals surface area (Å²) in [4.78, 5) is 18.6. The zero-order chi connectivity index (χ0) is 21.7. The van der Waals surface area contributed by atoms with Crippen molar-refractivity contribution in [1.29, 1.82) is 0 Å². The van der Waals surface area contributed by atoms with Gasteiger partial charge in [-0.25, -0.2) is 15.0 Å². The molecule has 1 aliphatic heterocycles. The van der Waals surface area contributed by atoms with Crippen LogP contribution in [0.25, 0.3) is 0 Å². The number of nitrogens with zero attached hydrogens (tertiary/aromatic N) is 7. The number of aryl methyl sites for hydroxylation is 2. The van der Waals surface area contributed by atoms with Gasteiger partial charge in [0.25, 0.3) is 0 Å². The van der Waals surface area contributed by atoms with Crippen LogP contribution in [0.4, 0.5) is 5.82 Å². The highest BCUT2D eigenvalue weighted by Gasteiger charge is 2.23. The van der Waals surface area contributed by atoms with Gasteiger partial charge in [-0.2, -0.15) is 0 Å². The van der Waals surface area contributed by atoms with E-state index in [0.29, 0.717) is 10.9 Å². The molecule has 9 heteroatoms. The van der Waals surface area contributed by atoms with E-state index in [9.17, 15) is 4.21 Å². The average molecular weight is 434 g/mol. The molecule has 0 N–H and O–H groups in total. The number of anilines is 1. The van der Waals surface area contributed by atoms with Gasteiger partial charge in [-0.15, -0.1) is 5.10 Å². The van der Waals surface area contributed by atoms with Gasteiger partial charge >= 0.3 is 0 Å². The summed E-state index contributed by atoms with van der Waals surface area (Å²) >= 11 is 0. The first-order valence-electron chi connectivity index (χ1n) is 10.9. The van der Waals surface area contributed by atoms with Crippen LogP contribution in [0.2, 0.25) is 0 Å². The predicted molar refractivity (Wildman–Crippen MR) is 120 cm³/mol. The summed E-state index contributed by atoms with van der Waals surface area (Å²) in [6.45, 7) is 13.5. The Morgan fingerprint density at radius 2 is 1.87 bits per heavy atom. The van der Waals surface area contributed by atoms with E-state index >= 15 is 0 Å². The molecule has 0 radical (unpaired) electrons. The summed E-state index contributed by atoms with van der Waals surface area (Å²) in [7, 11) is 0.675. The Labute approximate surface area is 182 Å². The minimum atomic E-state index is -1.12. The number of rotatable bonds is 8. The molecule has 3 rings (SSSR count). The zero-order valence-electron chi connectivity index (χ0n) is 19.0. The molecule has 2 aromatic heterocycles. The van der Waals surface area contributed by atoms with Crippen LogP contribution in [0.5, 0.6) is 0 Å². The molecular formula is C21H35N7OS. The summed E-state index contributed by atoms with van der Waals surface area (Å²) in [5.74, 6) is 2.59. The van der Waals surface area contributed by atoms with E-state index in [1.54, 1.807) is 18.1 Å². The first-order chi connectivity index (χ1) is 14.3. The Hall–Kier alpha value is -1.87. The fraction of sp³-hybridized carbons (Fsp3) is 0.714. The number of aromatic nitrogens is 5. The van der Waals surface area contributed by atoms with Crippen LogP contribution < -0.4 is 4.90 Å². The summed E-state index contributed by atoms with van der Waals surface area (Å²) < 4.78 is 13.9. The normalized spacial score (nSPS) is 16.8. The zero-order valence-corrected chi connectivity index (χ0v) is 19.8. The summed E-state index contributed by atoms with van der Waals surface area (Å²) in [5, 5.41) is 4.57. The predicted octanol–water partition coefficient (Wildman–Crippen LogP) is 2.18. The van der Waals surface area contributed by atoms with Crippen molar-refractivity contribution in [3.8, 4) is 0 Å². The Balaban J connectivity index is 1.52. The second-order valence-electron chi connectivity index (χ2n) is 8.97. The van der Waals surface area contributed by atoms with Crippen molar-refractivity contribution >= 4 is 16.6 Å². The average Bonchev–Trinajstić information content (AvgIpc) is 3.14. The summed E-state index contributed by atoms with van der Waals surface area (Å²) in [5.41, 5.74) is 1.08. The third kappa shape index (κ3) is 6.07. The molecule has 1 fully saturated rings. The molecule has 0 saturated carbocycles. The molecule has 166 valence electrons. The fourth-order valence-corrected chi connectivity index (χ4v) is 4.46. The van der Waals surface area contributed by atoms with E-state index in [1.807, 2.05) is 0 Å². The molecule has 0 aliphatic carbocycles. The van der Waals surface area contributed by atoms with Crippen molar-refractivity contribution in [1.82, 2.24) is 29.6 Å². The maximum atomic E-state index is 12.3. The Morgan fingerprint density at radius 3 is 2.47 bits per heavy atom. The van der Waals surface area contributed by atoms with Crippen LogP contribution in [0, 0.1) is 0 Å². The molecule has 0 aromatic carbocycles. The van der Waals surface area contributed by atoms with Gasteiger partial charge in [0.1, 0.15) is 18.0 Å². The number of piperazine rings is 1. The van der Waals surface area contributed by atoms with Gasteiger partial charge in [-0.05, 0) is 19.4 Å². The molecule has 1 saturated heterocycles. The van der Waals surface area contributed by atoms with Crippen LogP contribution in [0.15, 0.2) is 17.6 Å². The Morgan fingerprint density at radius 1 is 1.13 bits per heavy atom. The molecule has 1 unspecified atom stereocenters. The van der Waals surface area contributed by atoms with Gasteiger partial charge in [0, 0.05) is 56.2 Å². The molecule has 1 atom stereocenters. The molecule has 0 spiro atoms. The van der Waals surface area contributed by atoms with Crippen LogP contribution in [-0.4, -0.2) is 72.3 Å².